The van der Waals surface area contributed by atoms with Crippen LogP contribution in [0.3, 0.4) is 0 Å². The van der Waals surface area contributed by atoms with Gasteiger partial charge in [-0.05, 0) is 24.3 Å². The number of furan rings is 1. The maximum absolute atomic E-state index is 12.9. The molecular weight excluding hydrogens is 396 g/mol. The first-order chi connectivity index (χ1) is 14.8. The van der Waals surface area contributed by atoms with Crippen LogP contribution in [0.25, 0.3) is 32.9 Å². The van der Waals surface area contributed by atoms with E-state index in [1.807, 2.05) is 66.0 Å². The SMILES string of the molecule is O=C(OCc1csc(-c2ccccc2)n1)c1cc(-c2ccco2)nc2ccccc12. The van der Waals surface area contributed by atoms with Crippen molar-refractivity contribution < 1.29 is 13.9 Å². The first-order valence-corrected chi connectivity index (χ1v) is 10.3. The fourth-order valence-corrected chi connectivity index (χ4v) is 4.01. The highest BCUT2D eigenvalue weighted by atomic mass is 32.1. The van der Waals surface area contributed by atoms with Crippen molar-refractivity contribution in [2.24, 2.45) is 0 Å². The van der Waals surface area contributed by atoms with Crippen LogP contribution < -0.4 is 0 Å². The number of hydrogen-bond donors (Lipinski definition) is 0. The van der Waals surface area contributed by atoms with E-state index in [1.165, 1.54) is 11.3 Å². The van der Waals surface area contributed by atoms with Crippen LogP contribution in [0.1, 0.15) is 16.1 Å². The number of esters is 1. The molecule has 0 unspecified atom stereocenters. The van der Waals surface area contributed by atoms with E-state index in [2.05, 4.69) is 9.97 Å². The maximum Gasteiger partial charge on any atom is 0.339 e. The minimum atomic E-state index is -0.421. The molecular formula is C24H16N2O3S. The monoisotopic (exact) mass is 412 g/mol. The summed E-state index contributed by atoms with van der Waals surface area (Å²) in [5, 5.41) is 3.55. The molecule has 30 heavy (non-hydrogen) atoms. The summed E-state index contributed by atoms with van der Waals surface area (Å²) in [6.07, 6.45) is 1.58. The second-order valence-corrected chi connectivity index (χ2v) is 7.49. The van der Waals surface area contributed by atoms with Gasteiger partial charge in [-0.3, -0.25) is 0 Å². The number of para-hydroxylation sites is 1. The fraction of sp³-hybridized carbons (Fsp3) is 0.0417. The highest BCUT2D eigenvalue weighted by molar-refractivity contribution is 7.13. The summed E-state index contributed by atoms with van der Waals surface area (Å²) in [5.41, 5.74) is 3.51. The molecule has 5 nitrogen and oxygen atoms in total. The minimum Gasteiger partial charge on any atom is -0.463 e. The molecule has 0 saturated heterocycles. The van der Waals surface area contributed by atoms with Crippen LogP contribution in [0.5, 0.6) is 0 Å². The van der Waals surface area contributed by atoms with E-state index in [0.29, 0.717) is 22.5 Å². The predicted octanol–water partition coefficient (Wildman–Crippen LogP) is 5.98. The van der Waals surface area contributed by atoms with Crippen molar-refractivity contribution in [3.63, 3.8) is 0 Å². The zero-order valence-corrected chi connectivity index (χ0v) is 16.6. The Labute approximate surface area is 176 Å². The molecule has 5 aromatic rings. The van der Waals surface area contributed by atoms with E-state index in [9.17, 15) is 4.79 Å². The molecule has 0 bridgehead atoms. The molecule has 0 fully saturated rings. The van der Waals surface area contributed by atoms with Gasteiger partial charge in [0.1, 0.15) is 17.3 Å². The normalized spacial score (nSPS) is 10.9. The second-order valence-electron chi connectivity index (χ2n) is 6.64. The smallest absolute Gasteiger partial charge is 0.339 e. The Morgan fingerprint density at radius 3 is 2.63 bits per heavy atom. The third-order valence-electron chi connectivity index (χ3n) is 4.63. The first-order valence-electron chi connectivity index (χ1n) is 9.38. The van der Waals surface area contributed by atoms with Gasteiger partial charge in [0.25, 0.3) is 0 Å². The van der Waals surface area contributed by atoms with Crippen molar-refractivity contribution in [1.29, 1.82) is 0 Å². The number of pyridine rings is 1. The van der Waals surface area contributed by atoms with Crippen molar-refractivity contribution >= 4 is 28.2 Å². The molecule has 0 atom stereocenters. The Hall–Kier alpha value is -3.77. The lowest BCUT2D eigenvalue weighted by atomic mass is 10.1. The number of fused-ring (bicyclic) bond motifs is 1. The van der Waals surface area contributed by atoms with Crippen LogP contribution in [-0.2, 0) is 11.3 Å². The molecule has 0 aliphatic heterocycles. The molecule has 0 aliphatic carbocycles. The third kappa shape index (κ3) is 3.60. The molecule has 0 saturated carbocycles. The predicted molar refractivity (Wildman–Crippen MR) is 116 cm³/mol. The largest absolute Gasteiger partial charge is 0.463 e. The van der Waals surface area contributed by atoms with Gasteiger partial charge >= 0.3 is 5.97 Å². The van der Waals surface area contributed by atoms with Crippen LogP contribution in [0.4, 0.5) is 0 Å². The topological polar surface area (TPSA) is 65.2 Å². The standard InChI is InChI=1S/C24H16N2O3S/c27-24(29-14-17-15-30-23(25-17)16-7-2-1-3-8-16)19-13-21(22-11-6-12-28-22)26-20-10-5-4-9-18(19)20/h1-13,15H,14H2. The Morgan fingerprint density at radius 2 is 1.80 bits per heavy atom. The number of thiazole rings is 1. The summed E-state index contributed by atoms with van der Waals surface area (Å²) in [7, 11) is 0. The number of aromatic nitrogens is 2. The Balaban J connectivity index is 1.41. The first kappa shape index (κ1) is 18.3. The Kier molecular flexibility index (Phi) is 4.83. The van der Waals surface area contributed by atoms with Gasteiger partial charge in [0, 0.05) is 16.3 Å². The molecule has 0 spiro atoms. The second kappa shape index (κ2) is 7.93. The lowest BCUT2D eigenvalue weighted by Crippen LogP contribution is -2.07. The van der Waals surface area contributed by atoms with Gasteiger partial charge in [-0.25, -0.2) is 14.8 Å². The van der Waals surface area contributed by atoms with Gasteiger partial charge in [0.2, 0.25) is 0 Å². The summed E-state index contributed by atoms with van der Waals surface area (Å²) in [6, 6.07) is 22.7. The fourth-order valence-electron chi connectivity index (χ4n) is 3.20. The molecule has 5 rings (SSSR count). The van der Waals surface area contributed by atoms with Gasteiger partial charge in [-0.1, -0.05) is 48.5 Å². The molecule has 3 heterocycles. The number of rotatable bonds is 5. The van der Waals surface area contributed by atoms with Crippen molar-refractivity contribution in [1.82, 2.24) is 9.97 Å². The van der Waals surface area contributed by atoms with E-state index >= 15 is 0 Å². The van der Waals surface area contributed by atoms with Crippen LogP contribution >= 0.6 is 11.3 Å². The average molecular weight is 412 g/mol. The third-order valence-corrected chi connectivity index (χ3v) is 5.57. The van der Waals surface area contributed by atoms with Crippen LogP contribution in [-0.4, -0.2) is 15.9 Å². The molecule has 3 aromatic heterocycles. The molecule has 0 radical (unpaired) electrons. The minimum absolute atomic E-state index is 0.106. The van der Waals surface area contributed by atoms with Crippen LogP contribution in [0, 0.1) is 0 Å². The number of ether oxygens (including phenoxy) is 1. The lowest BCUT2D eigenvalue weighted by Gasteiger charge is -2.08. The number of hydrogen-bond acceptors (Lipinski definition) is 6. The molecule has 6 heteroatoms. The summed E-state index contributed by atoms with van der Waals surface area (Å²) in [4.78, 5) is 22.1. The lowest BCUT2D eigenvalue weighted by molar-refractivity contribution is 0.0471. The zero-order valence-electron chi connectivity index (χ0n) is 15.8. The van der Waals surface area contributed by atoms with Gasteiger partial charge < -0.3 is 9.15 Å². The summed E-state index contributed by atoms with van der Waals surface area (Å²) in [6.45, 7) is 0.106. The molecule has 0 N–H and O–H groups in total. The number of carbonyl (C=O) groups excluding carboxylic acids is 1. The van der Waals surface area contributed by atoms with E-state index < -0.39 is 5.97 Å². The van der Waals surface area contributed by atoms with E-state index in [-0.39, 0.29) is 6.61 Å². The van der Waals surface area contributed by atoms with Gasteiger partial charge in [0.05, 0.1) is 23.0 Å². The number of carbonyl (C=O) groups is 1. The number of nitrogens with zero attached hydrogens (tertiary/aromatic N) is 2. The highest BCUT2D eigenvalue weighted by Gasteiger charge is 2.17. The molecule has 146 valence electrons. The van der Waals surface area contributed by atoms with Crippen molar-refractivity contribution in [2.75, 3.05) is 0 Å². The summed E-state index contributed by atoms with van der Waals surface area (Å²) < 4.78 is 11.0. The average Bonchev–Trinajstić information content (AvgIpc) is 3.50. The van der Waals surface area contributed by atoms with Crippen molar-refractivity contribution in [2.45, 2.75) is 6.61 Å². The molecule has 0 amide bonds. The van der Waals surface area contributed by atoms with Crippen molar-refractivity contribution in [3.8, 4) is 22.0 Å². The Morgan fingerprint density at radius 1 is 0.967 bits per heavy atom. The summed E-state index contributed by atoms with van der Waals surface area (Å²) >= 11 is 1.53. The number of benzene rings is 2. The van der Waals surface area contributed by atoms with E-state index in [4.69, 9.17) is 9.15 Å². The van der Waals surface area contributed by atoms with Gasteiger partial charge in [-0.15, -0.1) is 11.3 Å². The highest BCUT2D eigenvalue weighted by Crippen LogP contribution is 2.27. The van der Waals surface area contributed by atoms with Crippen LogP contribution in [0.2, 0.25) is 0 Å². The van der Waals surface area contributed by atoms with Gasteiger partial charge in [0.15, 0.2) is 5.76 Å². The molecule has 2 aromatic carbocycles. The zero-order chi connectivity index (χ0) is 20.3. The summed E-state index contributed by atoms with van der Waals surface area (Å²) in [5.74, 6) is 0.178. The maximum atomic E-state index is 12.9. The van der Waals surface area contributed by atoms with Crippen molar-refractivity contribution in [3.05, 3.63) is 95.7 Å². The van der Waals surface area contributed by atoms with Gasteiger partial charge in [-0.2, -0.15) is 0 Å². The quantitative estimate of drug-likeness (QED) is 0.333. The van der Waals surface area contributed by atoms with E-state index in [1.54, 1.807) is 18.4 Å². The van der Waals surface area contributed by atoms with Crippen LogP contribution in [0.15, 0.2) is 88.9 Å². The van der Waals surface area contributed by atoms with E-state index in [0.717, 1.165) is 21.7 Å². The molecule has 0 aliphatic rings. The Bertz CT molecular complexity index is 1310.